The maximum Gasteiger partial charge on any atom is 0.279 e. The number of hydrogen-bond donors (Lipinski definition) is 3. The van der Waals surface area contributed by atoms with E-state index in [4.69, 9.17) is 16.3 Å². The Morgan fingerprint density at radius 3 is 2.08 bits per heavy atom. The van der Waals surface area contributed by atoms with E-state index >= 15 is 0 Å². The van der Waals surface area contributed by atoms with Gasteiger partial charge >= 0.3 is 0 Å². The molecule has 1 unspecified atom stereocenters. The summed E-state index contributed by atoms with van der Waals surface area (Å²) in [6, 6.07) is 12.4. The number of anilines is 2. The second kappa shape index (κ2) is 9.22. The van der Waals surface area contributed by atoms with Crippen LogP contribution in [-0.4, -0.2) is 39.1 Å². The molecule has 0 aliphatic heterocycles. The lowest BCUT2D eigenvalue weighted by Crippen LogP contribution is -3.11. The van der Waals surface area contributed by atoms with Gasteiger partial charge in [-0.05, 0) is 48.9 Å². The summed E-state index contributed by atoms with van der Waals surface area (Å²) in [5.41, 5.74) is 2.27. The molecule has 2 aromatic carbocycles. The smallest absolute Gasteiger partial charge is 0.279 e. The molecule has 2 rings (SSSR count). The van der Waals surface area contributed by atoms with Gasteiger partial charge in [-0.25, -0.2) is 0 Å². The first-order chi connectivity index (χ1) is 12.4. The Morgan fingerprint density at radius 2 is 1.54 bits per heavy atom. The average Bonchev–Trinajstić information content (AvgIpc) is 2.58. The van der Waals surface area contributed by atoms with Gasteiger partial charge in [0.05, 0.1) is 14.2 Å². The molecule has 1 atom stereocenters. The normalized spacial score (nSPS) is 11.5. The lowest BCUT2D eigenvalue weighted by atomic mass is 10.2. The lowest BCUT2D eigenvalue weighted by molar-refractivity contribution is -0.862. The van der Waals surface area contributed by atoms with Crippen LogP contribution < -0.4 is 20.3 Å². The molecule has 0 radical (unpaired) electrons. The molecule has 0 aliphatic rings. The summed E-state index contributed by atoms with van der Waals surface area (Å²) in [6.45, 7) is 2.24. The van der Waals surface area contributed by atoms with E-state index in [0.29, 0.717) is 16.4 Å². The number of ether oxygens (including phenoxy) is 1. The molecule has 138 valence electrons. The third-order valence-electron chi connectivity index (χ3n) is 3.75. The van der Waals surface area contributed by atoms with E-state index < -0.39 is 0 Å². The van der Waals surface area contributed by atoms with Crippen molar-refractivity contribution in [3.63, 3.8) is 0 Å². The van der Waals surface area contributed by atoms with Crippen LogP contribution in [-0.2, 0) is 9.59 Å². The van der Waals surface area contributed by atoms with Crippen molar-refractivity contribution >= 4 is 34.8 Å². The Balaban J connectivity index is 1.80. The molecule has 6 nitrogen and oxygen atoms in total. The van der Waals surface area contributed by atoms with Gasteiger partial charge in [-0.15, -0.1) is 0 Å². The molecule has 0 saturated heterocycles. The summed E-state index contributed by atoms with van der Waals surface area (Å²) >= 11 is 6.05. The molecule has 7 heteroatoms. The van der Waals surface area contributed by atoms with Crippen LogP contribution in [0.3, 0.4) is 0 Å². The van der Waals surface area contributed by atoms with Gasteiger partial charge in [-0.3, -0.25) is 9.59 Å². The predicted octanol–water partition coefficient (Wildman–Crippen LogP) is 1.75. The summed E-state index contributed by atoms with van der Waals surface area (Å²) in [5, 5.41) is 6.18. The van der Waals surface area contributed by atoms with Crippen LogP contribution in [0.15, 0.2) is 42.5 Å². The number of halogens is 1. The van der Waals surface area contributed by atoms with Crippen molar-refractivity contribution in [2.45, 2.75) is 6.92 Å². The van der Waals surface area contributed by atoms with Crippen LogP contribution in [0.2, 0.25) is 5.02 Å². The number of quaternary nitrogens is 1. The van der Waals surface area contributed by atoms with Crippen molar-refractivity contribution in [1.29, 1.82) is 0 Å². The SMILES string of the molecule is COc1ccc(NC(=O)C[NH+](C)CC(=O)Nc2ccc(C)c(Cl)c2)cc1. The zero-order chi connectivity index (χ0) is 19.1. The molecule has 2 aromatic rings. The molecule has 3 N–H and O–H groups in total. The molecule has 0 aromatic heterocycles. The number of amides is 2. The van der Waals surface area contributed by atoms with Crippen molar-refractivity contribution < 1.29 is 19.2 Å². The summed E-state index contributed by atoms with van der Waals surface area (Å²) in [5.74, 6) is 0.372. The molecule has 0 spiro atoms. The Hall–Kier alpha value is -2.57. The summed E-state index contributed by atoms with van der Waals surface area (Å²) in [6.07, 6.45) is 0. The van der Waals surface area contributed by atoms with Gasteiger partial charge in [-0.2, -0.15) is 0 Å². The topological polar surface area (TPSA) is 71.9 Å². The number of aryl methyl sites for hydroxylation is 1. The molecule has 0 heterocycles. The van der Waals surface area contributed by atoms with Gasteiger partial charge in [0.25, 0.3) is 11.8 Å². The average molecular weight is 377 g/mol. The minimum Gasteiger partial charge on any atom is -0.497 e. The fraction of sp³-hybridized carbons (Fsp3) is 0.263. The van der Waals surface area contributed by atoms with Gasteiger partial charge in [0, 0.05) is 16.4 Å². The summed E-state index contributed by atoms with van der Waals surface area (Å²) in [4.78, 5) is 25.0. The summed E-state index contributed by atoms with van der Waals surface area (Å²) < 4.78 is 5.08. The third kappa shape index (κ3) is 6.06. The number of rotatable bonds is 7. The first-order valence-corrected chi connectivity index (χ1v) is 8.56. The number of likely N-dealkylation sites (N-methyl/N-ethyl adjacent to an activating group) is 1. The van der Waals surface area contributed by atoms with Gasteiger partial charge < -0.3 is 20.3 Å². The van der Waals surface area contributed by atoms with E-state index in [9.17, 15) is 9.59 Å². The number of nitrogens with one attached hydrogen (secondary N) is 3. The van der Waals surface area contributed by atoms with Crippen LogP contribution in [0.4, 0.5) is 11.4 Å². The standard InChI is InChI=1S/C19H22ClN3O3/c1-13-4-5-15(10-17(13)20)22-19(25)12-23(2)11-18(24)21-14-6-8-16(26-3)9-7-14/h4-10H,11-12H2,1-3H3,(H,21,24)(H,22,25)/p+1. The molecule has 0 saturated carbocycles. The molecular weight excluding hydrogens is 354 g/mol. The fourth-order valence-corrected chi connectivity index (χ4v) is 2.55. The van der Waals surface area contributed by atoms with E-state index in [1.54, 1.807) is 50.6 Å². The Kier molecular flexibility index (Phi) is 7.00. The molecule has 26 heavy (non-hydrogen) atoms. The molecule has 0 aliphatic carbocycles. The zero-order valence-corrected chi connectivity index (χ0v) is 15.8. The highest BCUT2D eigenvalue weighted by Crippen LogP contribution is 2.19. The van der Waals surface area contributed by atoms with Crippen LogP contribution in [0, 0.1) is 6.92 Å². The first kappa shape index (κ1) is 19.8. The monoisotopic (exact) mass is 376 g/mol. The number of carbonyl (C=O) groups excluding carboxylic acids is 2. The third-order valence-corrected chi connectivity index (χ3v) is 4.16. The zero-order valence-electron chi connectivity index (χ0n) is 15.1. The van der Waals surface area contributed by atoms with E-state index in [0.717, 1.165) is 16.2 Å². The van der Waals surface area contributed by atoms with Crippen LogP contribution in [0.5, 0.6) is 5.75 Å². The van der Waals surface area contributed by atoms with E-state index in [1.165, 1.54) is 0 Å². The van der Waals surface area contributed by atoms with Crippen molar-refractivity contribution in [1.82, 2.24) is 0 Å². The molecule has 0 fully saturated rings. The number of hydrogen-bond acceptors (Lipinski definition) is 3. The van der Waals surface area contributed by atoms with Gasteiger partial charge in [0.2, 0.25) is 0 Å². The van der Waals surface area contributed by atoms with E-state index in [-0.39, 0.29) is 24.9 Å². The number of methoxy groups -OCH3 is 1. The van der Waals surface area contributed by atoms with Crippen molar-refractivity contribution in [2.75, 3.05) is 37.9 Å². The Labute approximate surface area is 158 Å². The van der Waals surface area contributed by atoms with Crippen molar-refractivity contribution in [3.05, 3.63) is 53.1 Å². The van der Waals surface area contributed by atoms with Crippen LogP contribution in [0.1, 0.15) is 5.56 Å². The fourth-order valence-electron chi connectivity index (χ4n) is 2.37. The van der Waals surface area contributed by atoms with Crippen molar-refractivity contribution in [3.8, 4) is 5.75 Å². The second-order valence-corrected chi connectivity index (χ2v) is 6.51. The van der Waals surface area contributed by atoms with Crippen LogP contribution >= 0.6 is 11.6 Å². The lowest BCUT2D eigenvalue weighted by Gasteiger charge is -2.14. The molecule has 0 bridgehead atoms. The highest BCUT2D eigenvalue weighted by atomic mass is 35.5. The number of benzene rings is 2. The Morgan fingerprint density at radius 1 is 1.00 bits per heavy atom. The first-order valence-electron chi connectivity index (χ1n) is 8.18. The summed E-state index contributed by atoms with van der Waals surface area (Å²) in [7, 11) is 3.37. The largest absolute Gasteiger partial charge is 0.497 e. The molecule has 2 amide bonds. The maximum absolute atomic E-state index is 12.1. The van der Waals surface area contributed by atoms with Gasteiger partial charge in [0.15, 0.2) is 13.1 Å². The maximum atomic E-state index is 12.1. The quantitative estimate of drug-likeness (QED) is 0.689. The van der Waals surface area contributed by atoms with Crippen LogP contribution in [0.25, 0.3) is 0 Å². The van der Waals surface area contributed by atoms with Gasteiger partial charge in [-0.1, -0.05) is 17.7 Å². The highest BCUT2D eigenvalue weighted by molar-refractivity contribution is 6.31. The minimum atomic E-state index is -0.181. The predicted molar refractivity (Wildman–Crippen MR) is 103 cm³/mol. The highest BCUT2D eigenvalue weighted by Gasteiger charge is 2.15. The molecular formula is C19H23ClN3O3+. The second-order valence-electron chi connectivity index (χ2n) is 6.10. The minimum absolute atomic E-state index is 0.168. The van der Waals surface area contributed by atoms with Crippen molar-refractivity contribution in [2.24, 2.45) is 0 Å². The van der Waals surface area contributed by atoms with E-state index in [1.807, 2.05) is 13.0 Å². The Bertz CT molecular complexity index is 778. The van der Waals surface area contributed by atoms with E-state index in [2.05, 4.69) is 10.6 Å². The number of carbonyl (C=O) groups is 2. The van der Waals surface area contributed by atoms with Gasteiger partial charge in [0.1, 0.15) is 5.75 Å².